The highest BCUT2D eigenvalue weighted by atomic mass is 79.9. The van der Waals surface area contributed by atoms with Gasteiger partial charge in [-0.2, -0.15) is 4.98 Å². The molecule has 0 bridgehead atoms. The van der Waals surface area contributed by atoms with Crippen molar-refractivity contribution < 1.29 is 4.79 Å². The number of nitrogens with one attached hydrogen (secondary N) is 1. The molecule has 0 aliphatic carbocycles. The standard InChI is InChI=1S/C24H21BrN4O2/c1-16-14-17(12-13-20(16)25)26-22(30)15-29-21-11-7-6-10-19(21)23(27-24(29)31)28(2)18-8-4-3-5-9-18/h3-14H,15H2,1-2H3,(H,26,30). The van der Waals surface area contributed by atoms with Crippen LogP contribution in [0.4, 0.5) is 17.2 Å². The van der Waals surface area contributed by atoms with Gasteiger partial charge in [0.25, 0.3) is 0 Å². The van der Waals surface area contributed by atoms with E-state index in [-0.39, 0.29) is 12.5 Å². The lowest BCUT2D eigenvalue weighted by Crippen LogP contribution is -2.31. The van der Waals surface area contributed by atoms with E-state index >= 15 is 0 Å². The quantitative estimate of drug-likeness (QED) is 0.445. The highest BCUT2D eigenvalue weighted by Crippen LogP contribution is 2.28. The highest BCUT2D eigenvalue weighted by Gasteiger charge is 2.16. The minimum Gasteiger partial charge on any atom is -0.329 e. The number of aromatic nitrogens is 2. The number of hydrogen-bond acceptors (Lipinski definition) is 4. The summed E-state index contributed by atoms with van der Waals surface area (Å²) in [5.74, 6) is 0.256. The molecule has 3 aromatic carbocycles. The SMILES string of the molecule is Cc1cc(NC(=O)Cn2c(=O)nc(N(C)c3ccccc3)c3ccccc32)ccc1Br. The van der Waals surface area contributed by atoms with Crippen LogP contribution in [-0.4, -0.2) is 22.5 Å². The molecule has 6 nitrogen and oxygen atoms in total. The molecular formula is C24H21BrN4O2. The van der Waals surface area contributed by atoms with Crippen LogP contribution in [0, 0.1) is 6.92 Å². The van der Waals surface area contributed by atoms with Gasteiger partial charge in [0.2, 0.25) is 5.91 Å². The molecular weight excluding hydrogens is 456 g/mol. The number of nitrogens with zero attached hydrogens (tertiary/aromatic N) is 3. The minimum absolute atomic E-state index is 0.128. The van der Waals surface area contributed by atoms with Crippen LogP contribution in [-0.2, 0) is 11.3 Å². The van der Waals surface area contributed by atoms with Crippen LogP contribution in [0.3, 0.4) is 0 Å². The maximum absolute atomic E-state index is 12.9. The van der Waals surface area contributed by atoms with Gasteiger partial charge in [-0.05, 0) is 55.0 Å². The first-order valence-electron chi connectivity index (χ1n) is 9.78. The molecule has 156 valence electrons. The fourth-order valence-electron chi connectivity index (χ4n) is 3.46. The summed E-state index contributed by atoms with van der Waals surface area (Å²) in [5, 5.41) is 3.65. The van der Waals surface area contributed by atoms with Crippen molar-refractivity contribution in [3.05, 3.63) is 93.3 Å². The third kappa shape index (κ3) is 4.36. The van der Waals surface area contributed by atoms with Gasteiger partial charge in [0.1, 0.15) is 12.4 Å². The van der Waals surface area contributed by atoms with E-state index in [9.17, 15) is 9.59 Å². The molecule has 1 heterocycles. The van der Waals surface area contributed by atoms with E-state index in [2.05, 4.69) is 26.2 Å². The number of amides is 1. The van der Waals surface area contributed by atoms with Crippen LogP contribution < -0.4 is 15.9 Å². The lowest BCUT2D eigenvalue weighted by molar-refractivity contribution is -0.116. The molecule has 0 atom stereocenters. The summed E-state index contributed by atoms with van der Waals surface area (Å²) in [6.45, 7) is 1.82. The molecule has 1 amide bonds. The number of para-hydroxylation sites is 2. The second-order valence-electron chi connectivity index (χ2n) is 7.23. The van der Waals surface area contributed by atoms with Crippen molar-refractivity contribution in [1.29, 1.82) is 0 Å². The molecule has 0 fully saturated rings. The molecule has 1 aromatic heterocycles. The molecule has 1 N–H and O–H groups in total. The van der Waals surface area contributed by atoms with Crippen molar-refractivity contribution in [2.75, 3.05) is 17.3 Å². The average Bonchev–Trinajstić information content (AvgIpc) is 2.78. The smallest absolute Gasteiger partial charge is 0.329 e. The van der Waals surface area contributed by atoms with Crippen molar-refractivity contribution in [2.45, 2.75) is 13.5 Å². The first-order chi connectivity index (χ1) is 14.9. The molecule has 4 aromatic rings. The normalized spacial score (nSPS) is 10.8. The summed E-state index contributed by atoms with van der Waals surface area (Å²) in [6.07, 6.45) is 0. The van der Waals surface area contributed by atoms with E-state index in [1.165, 1.54) is 4.57 Å². The van der Waals surface area contributed by atoms with Crippen molar-refractivity contribution in [3.8, 4) is 0 Å². The summed E-state index contributed by atoms with van der Waals surface area (Å²) in [5.41, 5.74) is 2.79. The molecule has 0 aliphatic heterocycles. The zero-order chi connectivity index (χ0) is 22.0. The molecule has 0 aliphatic rings. The van der Waals surface area contributed by atoms with Gasteiger partial charge in [-0.3, -0.25) is 9.36 Å². The molecule has 0 saturated carbocycles. The second kappa shape index (κ2) is 8.73. The van der Waals surface area contributed by atoms with Crippen LogP contribution in [0.25, 0.3) is 10.9 Å². The highest BCUT2D eigenvalue weighted by molar-refractivity contribution is 9.10. The summed E-state index contributed by atoms with van der Waals surface area (Å²) in [7, 11) is 1.87. The van der Waals surface area contributed by atoms with Crippen LogP contribution in [0.15, 0.2) is 82.1 Å². The van der Waals surface area contributed by atoms with Crippen molar-refractivity contribution in [3.63, 3.8) is 0 Å². The van der Waals surface area contributed by atoms with Gasteiger partial charge in [0.05, 0.1) is 5.52 Å². The fraction of sp³-hybridized carbons (Fsp3) is 0.125. The summed E-state index contributed by atoms with van der Waals surface area (Å²) in [6, 6.07) is 22.8. The number of benzene rings is 3. The Kier molecular flexibility index (Phi) is 5.86. The van der Waals surface area contributed by atoms with E-state index in [1.807, 2.05) is 91.7 Å². The molecule has 4 rings (SSSR count). The number of halogens is 1. The van der Waals surface area contributed by atoms with E-state index in [0.29, 0.717) is 17.0 Å². The first-order valence-corrected chi connectivity index (χ1v) is 10.6. The number of fused-ring (bicyclic) bond motifs is 1. The maximum Gasteiger partial charge on any atom is 0.350 e. The zero-order valence-electron chi connectivity index (χ0n) is 17.2. The number of anilines is 3. The lowest BCUT2D eigenvalue weighted by Gasteiger charge is -2.21. The Hall–Kier alpha value is -3.45. The molecule has 0 radical (unpaired) electrons. The van der Waals surface area contributed by atoms with E-state index in [4.69, 9.17) is 0 Å². The summed E-state index contributed by atoms with van der Waals surface area (Å²) < 4.78 is 2.37. The number of carbonyl (C=O) groups is 1. The van der Waals surface area contributed by atoms with Crippen LogP contribution in [0.5, 0.6) is 0 Å². The summed E-state index contributed by atoms with van der Waals surface area (Å²) >= 11 is 3.45. The third-order valence-electron chi connectivity index (χ3n) is 5.07. The predicted molar refractivity (Wildman–Crippen MR) is 128 cm³/mol. The minimum atomic E-state index is -0.474. The largest absolute Gasteiger partial charge is 0.350 e. The van der Waals surface area contributed by atoms with Gasteiger partial charge in [-0.1, -0.05) is 46.3 Å². The Morgan fingerprint density at radius 3 is 2.52 bits per heavy atom. The molecule has 0 saturated heterocycles. The van der Waals surface area contributed by atoms with Gasteiger partial charge in [0.15, 0.2) is 0 Å². The Morgan fingerprint density at radius 2 is 1.77 bits per heavy atom. The molecule has 7 heteroatoms. The van der Waals surface area contributed by atoms with Gasteiger partial charge in [-0.25, -0.2) is 4.79 Å². The van der Waals surface area contributed by atoms with Crippen molar-refractivity contribution in [2.24, 2.45) is 0 Å². The van der Waals surface area contributed by atoms with E-state index in [1.54, 1.807) is 0 Å². The molecule has 31 heavy (non-hydrogen) atoms. The second-order valence-corrected chi connectivity index (χ2v) is 8.08. The maximum atomic E-state index is 12.9. The molecule has 0 unspecified atom stereocenters. The first kappa shape index (κ1) is 20.8. The topological polar surface area (TPSA) is 67.2 Å². The van der Waals surface area contributed by atoms with Crippen LogP contribution in [0.2, 0.25) is 0 Å². The monoisotopic (exact) mass is 476 g/mol. The van der Waals surface area contributed by atoms with Crippen molar-refractivity contribution in [1.82, 2.24) is 9.55 Å². The number of carbonyl (C=O) groups excluding carboxylic acids is 1. The van der Waals surface area contributed by atoms with Gasteiger partial charge in [-0.15, -0.1) is 0 Å². The van der Waals surface area contributed by atoms with Gasteiger partial charge >= 0.3 is 5.69 Å². The van der Waals surface area contributed by atoms with Gasteiger partial charge < -0.3 is 10.2 Å². The Morgan fingerprint density at radius 1 is 1.06 bits per heavy atom. The zero-order valence-corrected chi connectivity index (χ0v) is 18.8. The van der Waals surface area contributed by atoms with Crippen LogP contribution >= 0.6 is 15.9 Å². The lowest BCUT2D eigenvalue weighted by atomic mass is 10.2. The van der Waals surface area contributed by atoms with Crippen molar-refractivity contribution >= 4 is 49.9 Å². The number of aryl methyl sites for hydroxylation is 1. The Bertz CT molecular complexity index is 1320. The van der Waals surface area contributed by atoms with Crippen LogP contribution in [0.1, 0.15) is 5.56 Å². The number of hydrogen-bond donors (Lipinski definition) is 1. The average molecular weight is 477 g/mol. The molecule has 0 spiro atoms. The van der Waals surface area contributed by atoms with Gasteiger partial charge in [0, 0.05) is 28.3 Å². The van der Waals surface area contributed by atoms with E-state index in [0.717, 1.165) is 21.1 Å². The Balaban J connectivity index is 1.69. The predicted octanol–water partition coefficient (Wildman–Crippen LogP) is 4.87. The van der Waals surface area contributed by atoms with E-state index < -0.39 is 5.69 Å². The summed E-state index contributed by atoms with van der Waals surface area (Å²) in [4.78, 5) is 31.8. The fourth-order valence-corrected chi connectivity index (χ4v) is 3.71. The number of rotatable bonds is 5. The Labute approximate surface area is 188 Å². The third-order valence-corrected chi connectivity index (χ3v) is 5.96.